The molecule has 1 saturated heterocycles. The van der Waals surface area contributed by atoms with E-state index in [1.165, 1.54) is 13.2 Å². The van der Waals surface area contributed by atoms with Gasteiger partial charge in [-0.3, -0.25) is 0 Å². The molecule has 2 rings (SSSR count). The normalized spacial score (nSPS) is 19.2. The maximum Gasteiger partial charge on any atom is 0.406 e. The van der Waals surface area contributed by atoms with E-state index in [9.17, 15) is 9.18 Å². The van der Waals surface area contributed by atoms with Gasteiger partial charge in [0.05, 0.1) is 24.8 Å². The number of alkyl carbamates (subject to hydrolysis) is 1. The van der Waals surface area contributed by atoms with Crippen molar-refractivity contribution >= 4 is 17.7 Å². The number of carbonyl (C=O) groups is 1. The van der Waals surface area contributed by atoms with Crippen LogP contribution in [0.3, 0.4) is 0 Å². The van der Waals surface area contributed by atoms with Gasteiger partial charge in [0.2, 0.25) is 0 Å². The zero-order chi connectivity index (χ0) is 16.7. The third-order valence-electron chi connectivity index (χ3n) is 3.91. The molecule has 1 aliphatic rings. The van der Waals surface area contributed by atoms with Crippen molar-refractivity contribution in [3.8, 4) is 0 Å². The molecule has 0 radical (unpaired) electrons. The van der Waals surface area contributed by atoms with Gasteiger partial charge in [-0.2, -0.15) is 0 Å². The van der Waals surface area contributed by atoms with Gasteiger partial charge in [-0.15, -0.1) is 0 Å². The van der Waals surface area contributed by atoms with E-state index in [0.29, 0.717) is 12.1 Å². The van der Waals surface area contributed by atoms with Gasteiger partial charge in [-0.05, 0) is 25.5 Å². The number of hydrogen-bond acceptors (Lipinski definition) is 4. The minimum atomic E-state index is -0.515. The predicted molar refractivity (Wildman–Crippen MR) is 86.1 cm³/mol. The quantitative estimate of drug-likeness (QED) is 0.779. The predicted octanol–water partition coefficient (Wildman–Crippen LogP) is 2.89. The molecule has 0 aliphatic carbocycles. The lowest BCUT2D eigenvalue weighted by atomic mass is 9.89. The van der Waals surface area contributed by atoms with Crippen LogP contribution in [-0.2, 0) is 9.47 Å². The molecule has 0 spiro atoms. The lowest BCUT2D eigenvalue weighted by Gasteiger charge is -2.31. The van der Waals surface area contributed by atoms with Crippen LogP contribution in [0, 0.1) is 11.7 Å². The molecule has 1 aliphatic heterocycles. The van der Waals surface area contributed by atoms with Crippen LogP contribution in [0.4, 0.5) is 9.18 Å². The van der Waals surface area contributed by atoms with Crippen molar-refractivity contribution in [1.29, 1.82) is 0 Å². The molecule has 0 saturated carbocycles. The Bertz CT molecular complexity index is 524. The number of carbonyl (C=O) groups excluding carboxylic acids is 1. The number of methoxy groups -OCH3 is 1. The summed E-state index contributed by atoms with van der Waals surface area (Å²) in [5.41, 5.74) is 0.462. The molecule has 128 valence electrons. The molecule has 1 fully saturated rings. The van der Waals surface area contributed by atoms with Gasteiger partial charge in [0, 0.05) is 24.6 Å². The van der Waals surface area contributed by atoms with Gasteiger partial charge in [-0.1, -0.05) is 23.7 Å². The summed E-state index contributed by atoms with van der Waals surface area (Å²) in [6, 6.07) is 4.95. The van der Waals surface area contributed by atoms with Crippen molar-refractivity contribution in [2.24, 2.45) is 5.92 Å². The molecule has 1 heterocycles. The van der Waals surface area contributed by atoms with E-state index in [-0.39, 0.29) is 17.5 Å². The first kappa shape index (κ1) is 18.0. The first-order valence-electron chi connectivity index (χ1n) is 7.71. The molecular weight excluding hydrogens is 323 g/mol. The minimum Gasteiger partial charge on any atom is -0.453 e. The number of halogens is 2. The monoisotopic (exact) mass is 344 g/mol. The molecule has 23 heavy (non-hydrogen) atoms. The number of rotatable bonds is 6. The summed E-state index contributed by atoms with van der Waals surface area (Å²) >= 11 is 5.90. The van der Waals surface area contributed by atoms with Crippen LogP contribution in [0.1, 0.15) is 24.5 Å². The zero-order valence-corrected chi connectivity index (χ0v) is 13.9. The molecule has 1 amide bonds. The number of amides is 1. The number of nitrogens with one attached hydrogen (secondary N) is 2. The first-order valence-corrected chi connectivity index (χ1v) is 8.09. The Balaban J connectivity index is 2.05. The van der Waals surface area contributed by atoms with Crippen molar-refractivity contribution in [3.63, 3.8) is 0 Å². The van der Waals surface area contributed by atoms with E-state index in [2.05, 4.69) is 15.4 Å². The molecule has 5 nitrogen and oxygen atoms in total. The second-order valence-corrected chi connectivity index (χ2v) is 5.87. The molecule has 2 atom stereocenters. The van der Waals surface area contributed by atoms with E-state index in [1.54, 1.807) is 12.1 Å². The van der Waals surface area contributed by atoms with E-state index in [0.717, 1.165) is 25.9 Å². The molecule has 1 aromatic carbocycles. The van der Waals surface area contributed by atoms with E-state index >= 15 is 0 Å². The Kier molecular flexibility index (Phi) is 7.08. The summed E-state index contributed by atoms with van der Waals surface area (Å²) in [5, 5.41) is 5.95. The van der Waals surface area contributed by atoms with Crippen molar-refractivity contribution in [3.05, 3.63) is 34.6 Å². The number of piperidine rings is 1. The van der Waals surface area contributed by atoms with Crippen LogP contribution in [0.5, 0.6) is 0 Å². The summed E-state index contributed by atoms with van der Waals surface area (Å²) < 4.78 is 24.8. The Morgan fingerprint density at radius 3 is 3.09 bits per heavy atom. The van der Waals surface area contributed by atoms with E-state index in [1.807, 2.05) is 0 Å². The molecule has 2 unspecified atom stereocenters. The van der Waals surface area contributed by atoms with Crippen LogP contribution >= 0.6 is 11.6 Å². The number of benzene rings is 1. The van der Waals surface area contributed by atoms with Gasteiger partial charge in [0.1, 0.15) is 5.82 Å². The Morgan fingerprint density at radius 2 is 2.39 bits per heavy atom. The van der Waals surface area contributed by atoms with Gasteiger partial charge in [-0.25, -0.2) is 9.18 Å². The molecular formula is C16H22ClFN2O3. The van der Waals surface area contributed by atoms with Crippen LogP contribution in [0.25, 0.3) is 0 Å². The first-order chi connectivity index (χ1) is 11.1. The summed E-state index contributed by atoms with van der Waals surface area (Å²) in [4.78, 5) is 11.1. The smallest absolute Gasteiger partial charge is 0.406 e. The third-order valence-corrected chi connectivity index (χ3v) is 4.20. The van der Waals surface area contributed by atoms with E-state index in [4.69, 9.17) is 16.3 Å². The van der Waals surface area contributed by atoms with Gasteiger partial charge < -0.3 is 20.1 Å². The molecule has 1 aromatic rings. The third kappa shape index (κ3) is 5.06. The molecule has 0 aromatic heterocycles. The fourth-order valence-corrected chi connectivity index (χ4v) is 2.95. The SMILES string of the molecule is COC(=O)NCCOC(c1cccc(Cl)c1F)C1CCCNC1. The van der Waals surface area contributed by atoms with Crippen LogP contribution in [-0.4, -0.2) is 39.4 Å². The number of ether oxygens (including phenoxy) is 2. The van der Waals surface area contributed by atoms with Gasteiger partial charge in [0.15, 0.2) is 0 Å². The summed E-state index contributed by atoms with van der Waals surface area (Å²) in [6.45, 7) is 2.29. The largest absolute Gasteiger partial charge is 0.453 e. The average Bonchev–Trinajstić information content (AvgIpc) is 2.58. The zero-order valence-electron chi connectivity index (χ0n) is 13.1. The van der Waals surface area contributed by atoms with Crippen LogP contribution < -0.4 is 10.6 Å². The molecule has 2 N–H and O–H groups in total. The Hall–Kier alpha value is -1.37. The standard InChI is InChI=1S/C16H22ClFN2O3/c1-22-16(21)20-8-9-23-15(11-4-3-7-19-10-11)12-5-2-6-13(17)14(12)18/h2,5-6,11,15,19H,3-4,7-10H2,1H3,(H,20,21). The minimum absolute atomic E-state index is 0.0903. The maximum absolute atomic E-state index is 14.4. The summed E-state index contributed by atoms with van der Waals surface area (Å²) in [7, 11) is 1.30. The highest BCUT2D eigenvalue weighted by Gasteiger charge is 2.28. The van der Waals surface area contributed by atoms with Gasteiger partial charge in [0.25, 0.3) is 0 Å². The van der Waals surface area contributed by atoms with Gasteiger partial charge >= 0.3 is 6.09 Å². The van der Waals surface area contributed by atoms with Crippen molar-refractivity contribution in [1.82, 2.24) is 10.6 Å². The molecule has 0 bridgehead atoms. The van der Waals surface area contributed by atoms with E-state index < -0.39 is 18.0 Å². The lowest BCUT2D eigenvalue weighted by Crippen LogP contribution is -2.35. The summed E-state index contributed by atoms with van der Waals surface area (Å²) in [5.74, 6) is -0.277. The Labute approximate surface area is 140 Å². The topological polar surface area (TPSA) is 59.6 Å². The van der Waals surface area contributed by atoms with Crippen LogP contribution in [0.15, 0.2) is 18.2 Å². The second kappa shape index (κ2) is 9.05. The fourth-order valence-electron chi connectivity index (χ4n) is 2.77. The highest BCUT2D eigenvalue weighted by molar-refractivity contribution is 6.30. The lowest BCUT2D eigenvalue weighted by molar-refractivity contribution is 0.00260. The summed E-state index contributed by atoms with van der Waals surface area (Å²) in [6.07, 6.45) is 1.06. The number of hydrogen-bond donors (Lipinski definition) is 2. The average molecular weight is 345 g/mol. The highest BCUT2D eigenvalue weighted by atomic mass is 35.5. The Morgan fingerprint density at radius 1 is 1.57 bits per heavy atom. The maximum atomic E-state index is 14.4. The van der Waals surface area contributed by atoms with Crippen LogP contribution in [0.2, 0.25) is 5.02 Å². The van der Waals surface area contributed by atoms with Crippen molar-refractivity contribution in [2.45, 2.75) is 18.9 Å². The molecule has 7 heteroatoms. The van der Waals surface area contributed by atoms with Crippen molar-refractivity contribution < 1.29 is 18.7 Å². The fraction of sp³-hybridized carbons (Fsp3) is 0.562. The highest BCUT2D eigenvalue weighted by Crippen LogP contribution is 2.34. The van der Waals surface area contributed by atoms with Crippen molar-refractivity contribution in [2.75, 3.05) is 33.4 Å². The second-order valence-electron chi connectivity index (χ2n) is 5.46.